The molecule has 3 aromatic rings. The minimum Gasteiger partial charge on any atom is -0.504 e. The van der Waals surface area contributed by atoms with Crippen LogP contribution < -0.4 is 0 Å². The zero-order chi connectivity index (χ0) is 14.9. The van der Waals surface area contributed by atoms with Crippen LogP contribution in [0.25, 0.3) is 21.5 Å². The number of benzene rings is 3. The summed E-state index contributed by atoms with van der Waals surface area (Å²) in [4.78, 5) is 0. The van der Waals surface area contributed by atoms with Gasteiger partial charge in [0.25, 0.3) is 0 Å². The van der Waals surface area contributed by atoms with Crippen molar-refractivity contribution in [2.75, 3.05) is 7.11 Å². The lowest BCUT2D eigenvalue weighted by atomic mass is 10.0. The highest BCUT2D eigenvalue weighted by molar-refractivity contribution is 6.05. The maximum atomic E-state index is 9.80. The number of hydrogen-bond donors (Lipinski definition) is 5. The molecular weight excluding hydrogens is 260 g/mol. The third-order valence-corrected chi connectivity index (χ3v) is 3.07. The Morgan fingerprint density at radius 3 is 1.30 bits per heavy atom. The van der Waals surface area contributed by atoms with Crippen LogP contribution in [0.3, 0.4) is 0 Å². The average Bonchev–Trinajstić information content (AvgIpc) is 2.51. The number of aliphatic hydroxyl groups excluding tert-OH is 1. The standard InChI is InChI=1S/C14H10O4.CH4O/c15-11-9-5-7-3-1-2-4-8(7)6-10(9)12(16)14(18)13(11)17;1-2/h1-6,15-18H;2H,1H3. The lowest BCUT2D eigenvalue weighted by Gasteiger charge is -2.10. The summed E-state index contributed by atoms with van der Waals surface area (Å²) in [5, 5.41) is 47.9. The Morgan fingerprint density at radius 1 is 0.600 bits per heavy atom. The van der Waals surface area contributed by atoms with Crippen LogP contribution in [0.1, 0.15) is 0 Å². The Hall–Kier alpha value is -2.66. The van der Waals surface area contributed by atoms with Gasteiger partial charge in [0.1, 0.15) is 0 Å². The van der Waals surface area contributed by atoms with Crippen molar-refractivity contribution in [1.29, 1.82) is 0 Å². The largest absolute Gasteiger partial charge is 0.504 e. The highest BCUT2D eigenvalue weighted by Gasteiger charge is 2.18. The molecule has 3 rings (SSSR count). The first-order chi connectivity index (χ1) is 9.59. The fourth-order valence-corrected chi connectivity index (χ4v) is 2.11. The maximum Gasteiger partial charge on any atom is 0.204 e. The zero-order valence-corrected chi connectivity index (χ0v) is 10.7. The summed E-state index contributed by atoms with van der Waals surface area (Å²) in [6, 6.07) is 10.7. The first kappa shape index (κ1) is 13.8. The second-order valence-corrected chi connectivity index (χ2v) is 4.14. The van der Waals surface area contributed by atoms with E-state index in [-0.39, 0.29) is 0 Å². The van der Waals surface area contributed by atoms with Crippen molar-refractivity contribution in [3.8, 4) is 23.0 Å². The van der Waals surface area contributed by atoms with Gasteiger partial charge >= 0.3 is 0 Å². The molecule has 104 valence electrons. The number of rotatable bonds is 0. The predicted octanol–water partition coefficient (Wildman–Crippen LogP) is 2.42. The number of phenols is 4. The van der Waals surface area contributed by atoms with Crippen molar-refractivity contribution in [1.82, 2.24) is 0 Å². The van der Waals surface area contributed by atoms with E-state index < -0.39 is 23.0 Å². The van der Waals surface area contributed by atoms with Gasteiger partial charge in [0, 0.05) is 17.9 Å². The summed E-state index contributed by atoms with van der Waals surface area (Å²) >= 11 is 0. The molecule has 5 N–H and O–H groups in total. The van der Waals surface area contributed by atoms with E-state index in [2.05, 4.69) is 0 Å². The van der Waals surface area contributed by atoms with E-state index in [0.717, 1.165) is 17.9 Å². The molecule has 0 unspecified atom stereocenters. The number of hydrogen-bond acceptors (Lipinski definition) is 5. The molecule has 0 aliphatic carbocycles. The number of aliphatic hydroxyl groups is 1. The molecule has 0 radical (unpaired) electrons. The van der Waals surface area contributed by atoms with Crippen LogP contribution in [-0.4, -0.2) is 32.6 Å². The summed E-state index contributed by atoms with van der Waals surface area (Å²) in [6.07, 6.45) is 0. The molecule has 3 aromatic carbocycles. The van der Waals surface area contributed by atoms with Crippen LogP contribution >= 0.6 is 0 Å². The van der Waals surface area contributed by atoms with Crippen LogP contribution in [0.2, 0.25) is 0 Å². The molecule has 5 heteroatoms. The summed E-state index contributed by atoms with van der Waals surface area (Å²) < 4.78 is 0. The molecule has 0 amide bonds. The van der Waals surface area contributed by atoms with E-state index in [4.69, 9.17) is 5.11 Å². The zero-order valence-electron chi connectivity index (χ0n) is 10.7. The predicted molar refractivity (Wildman–Crippen MR) is 76.3 cm³/mol. The van der Waals surface area contributed by atoms with Gasteiger partial charge in [-0.2, -0.15) is 0 Å². The van der Waals surface area contributed by atoms with Gasteiger partial charge in [-0.1, -0.05) is 24.3 Å². The summed E-state index contributed by atoms with van der Waals surface area (Å²) in [5.41, 5.74) is 0. The number of phenolic OH excluding ortho intramolecular Hbond substituents is 4. The van der Waals surface area contributed by atoms with E-state index in [1.165, 1.54) is 0 Å². The van der Waals surface area contributed by atoms with Crippen LogP contribution in [0.5, 0.6) is 23.0 Å². The van der Waals surface area contributed by atoms with E-state index in [1.54, 1.807) is 12.1 Å². The van der Waals surface area contributed by atoms with Crippen molar-refractivity contribution < 1.29 is 25.5 Å². The number of aromatic hydroxyl groups is 4. The second-order valence-electron chi connectivity index (χ2n) is 4.14. The highest BCUT2D eigenvalue weighted by atomic mass is 16.3. The van der Waals surface area contributed by atoms with Crippen molar-refractivity contribution >= 4 is 21.5 Å². The first-order valence-corrected chi connectivity index (χ1v) is 5.82. The summed E-state index contributed by atoms with van der Waals surface area (Å²) in [6.45, 7) is 0. The summed E-state index contributed by atoms with van der Waals surface area (Å²) in [5.74, 6) is -2.30. The smallest absolute Gasteiger partial charge is 0.204 e. The van der Waals surface area contributed by atoms with Gasteiger partial charge < -0.3 is 25.5 Å². The lowest BCUT2D eigenvalue weighted by molar-refractivity contribution is 0.351. The van der Waals surface area contributed by atoms with E-state index in [0.29, 0.717) is 10.8 Å². The minimum absolute atomic E-state index is 0.293. The Kier molecular flexibility index (Phi) is 3.54. The van der Waals surface area contributed by atoms with Crippen molar-refractivity contribution in [3.05, 3.63) is 36.4 Å². The molecule has 0 fully saturated rings. The van der Waals surface area contributed by atoms with Gasteiger partial charge in [-0.25, -0.2) is 0 Å². The molecular formula is C15H14O5. The molecule has 0 aliphatic heterocycles. The topological polar surface area (TPSA) is 101 Å². The third kappa shape index (κ3) is 1.94. The van der Waals surface area contributed by atoms with Crippen LogP contribution in [0, 0.1) is 0 Å². The van der Waals surface area contributed by atoms with E-state index in [9.17, 15) is 20.4 Å². The fourth-order valence-electron chi connectivity index (χ4n) is 2.11. The van der Waals surface area contributed by atoms with E-state index >= 15 is 0 Å². The first-order valence-electron chi connectivity index (χ1n) is 5.82. The molecule has 0 aromatic heterocycles. The normalized spacial score (nSPS) is 10.3. The average molecular weight is 274 g/mol. The van der Waals surface area contributed by atoms with Crippen molar-refractivity contribution in [2.45, 2.75) is 0 Å². The third-order valence-electron chi connectivity index (χ3n) is 3.07. The van der Waals surface area contributed by atoms with Gasteiger partial charge in [-0.05, 0) is 22.9 Å². The van der Waals surface area contributed by atoms with Gasteiger partial charge in [0.15, 0.2) is 11.5 Å². The molecule has 20 heavy (non-hydrogen) atoms. The van der Waals surface area contributed by atoms with Crippen molar-refractivity contribution in [3.63, 3.8) is 0 Å². The Balaban J connectivity index is 0.000000704. The maximum absolute atomic E-state index is 9.80. The second kappa shape index (κ2) is 5.14. The highest BCUT2D eigenvalue weighted by Crippen LogP contribution is 2.49. The monoisotopic (exact) mass is 274 g/mol. The van der Waals surface area contributed by atoms with Crippen LogP contribution in [-0.2, 0) is 0 Å². The van der Waals surface area contributed by atoms with Crippen molar-refractivity contribution in [2.24, 2.45) is 0 Å². The molecule has 0 heterocycles. The van der Waals surface area contributed by atoms with E-state index in [1.807, 2.05) is 24.3 Å². The molecule has 5 nitrogen and oxygen atoms in total. The Morgan fingerprint density at radius 2 is 0.950 bits per heavy atom. The lowest BCUT2D eigenvalue weighted by Crippen LogP contribution is -1.81. The molecule has 0 atom stereocenters. The fraction of sp³-hybridized carbons (Fsp3) is 0.0667. The van der Waals surface area contributed by atoms with Crippen LogP contribution in [0.15, 0.2) is 36.4 Å². The van der Waals surface area contributed by atoms with Crippen LogP contribution in [0.4, 0.5) is 0 Å². The summed E-state index contributed by atoms with van der Waals surface area (Å²) in [7, 11) is 1.00. The molecule has 0 spiro atoms. The molecule has 0 saturated carbocycles. The molecule has 0 bridgehead atoms. The number of fused-ring (bicyclic) bond motifs is 2. The van der Waals surface area contributed by atoms with Gasteiger partial charge in [-0.3, -0.25) is 0 Å². The molecule has 0 saturated heterocycles. The SMILES string of the molecule is CO.Oc1c(O)c(O)c2cc3ccccc3cc2c1O. The van der Waals surface area contributed by atoms with Gasteiger partial charge in [0.2, 0.25) is 11.5 Å². The minimum atomic E-state index is -0.713. The molecule has 0 aliphatic rings. The Bertz CT molecular complexity index is 714. The quantitative estimate of drug-likeness (QED) is 0.246. The Labute approximate surface area is 114 Å². The van der Waals surface area contributed by atoms with Gasteiger partial charge in [-0.15, -0.1) is 0 Å². The van der Waals surface area contributed by atoms with Gasteiger partial charge in [0.05, 0.1) is 0 Å².